The number of esters is 2. The molecule has 0 unspecified atom stereocenters. The molecule has 0 saturated heterocycles. The third kappa shape index (κ3) is 4.00. The van der Waals surface area contributed by atoms with Crippen LogP contribution in [0.2, 0.25) is 0 Å². The van der Waals surface area contributed by atoms with Crippen molar-refractivity contribution in [3.8, 4) is 5.75 Å². The van der Waals surface area contributed by atoms with Gasteiger partial charge in [-0.25, -0.2) is 14.4 Å². The summed E-state index contributed by atoms with van der Waals surface area (Å²) in [6.45, 7) is 3.56. The number of carbonyl (C=O) groups is 3. The molecule has 0 fully saturated rings. The van der Waals surface area contributed by atoms with Gasteiger partial charge in [0, 0.05) is 5.70 Å². The van der Waals surface area contributed by atoms with E-state index in [0.717, 1.165) is 0 Å². The fourth-order valence-electron chi connectivity index (χ4n) is 2.70. The lowest BCUT2D eigenvalue weighted by molar-refractivity contribution is -0.139. The summed E-state index contributed by atoms with van der Waals surface area (Å²) >= 11 is 0. The van der Waals surface area contributed by atoms with Crippen LogP contribution in [0.25, 0.3) is 0 Å². The fourth-order valence-corrected chi connectivity index (χ4v) is 2.70. The van der Waals surface area contributed by atoms with E-state index in [0.29, 0.717) is 22.6 Å². The maximum atomic E-state index is 12.3. The lowest BCUT2D eigenvalue weighted by Gasteiger charge is -2.28. The number of ether oxygens (including phenoxy) is 2. The summed E-state index contributed by atoms with van der Waals surface area (Å²) in [4.78, 5) is 36.0. The van der Waals surface area contributed by atoms with E-state index in [2.05, 4.69) is 10.6 Å². The average molecular weight is 370 g/mol. The van der Waals surface area contributed by atoms with Crippen molar-refractivity contribution >= 4 is 18.0 Å². The molecule has 0 saturated carbocycles. The van der Waals surface area contributed by atoms with E-state index < -0.39 is 24.0 Å². The van der Waals surface area contributed by atoms with Crippen LogP contribution in [0.5, 0.6) is 5.75 Å². The summed E-state index contributed by atoms with van der Waals surface area (Å²) in [6.07, 6.45) is 1.38. The Balaban J connectivity index is 1.82. The van der Waals surface area contributed by atoms with Crippen molar-refractivity contribution in [1.29, 1.82) is 0 Å². The molecule has 0 aliphatic carbocycles. The smallest absolute Gasteiger partial charge is 0.379 e. The molecule has 2 amide bonds. The normalized spacial score (nSPS) is 16.4. The summed E-state index contributed by atoms with van der Waals surface area (Å²) in [5, 5.41) is 5.27. The molecule has 1 aliphatic rings. The number of benzene rings is 1. The summed E-state index contributed by atoms with van der Waals surface area (Å²) in [6, 6.07) is 8.46. The molecule has 8 heteroatoms. The largest absolute Gasteiger partial charge is 0.463 e. The molecule has 1 aromatic carbocycles. The van der Waals surface area contributed by atoms with Crippen LogP contribution in [-0.2, 0) is 9.53 Å². The highest BCUT2D eigenvalue weighted by Crippen LogP contribution is 2.29. The van der Waals surface area contributed by atoms with Crippen molar-refractivity contribution in [3.63, 3.8) is 0 Å². The van der Waals surface area contributed by atoms with Crippen molar-refractivity contribution < 1.29 is 28.3 Å². The van der Waals surface area contributed by atoms with E-state index in [9.17, 15) is 14.4 Å². The van der Waals surface area contributed by atoms with Gasteiger partial charge in [0.2, 0.25) is 5.76 Å². The number of amides is 2. The van der Waals surface area contributed by atoms with Crippen LogP contribution in [0.1, 0.15) is 36.0 Å². The topological polar surface area (TPSA) is 107 Å². The molecule has 8 nitrogen and oxygen atoms in total. The van der Waals surface area contributed by atoms with Gasteiger partial charge in [0.05, 0.1) is 24.5 Å². The van der Waals surface area contributed by atoms with Gasteiger partial charge < -0.3 is 24.5 Å². The van der Waals surface area contributed by atoms with Gasteiger partial charge in [0.15, 0.2) is 0 Å². The Morgan fingerprint density at radius 2 is 1.89 bits per heavy atom. The minimum Gasteiger partial charge on any atom is -0.463 e. The van der Waals surface area contributed by atoms with Crippen LogP contribution >= 0.6 is 0 Å². The maximum absolute atomic E-state index is 12.3. The number of carbonyl (C=O) groups excluding carboxylic acids is 3. The molecule has 0 bridgehead atoms. The molecule has 1 aliphatic heterocycles. The van der Waals surface area contributed by atoms with Gasteiger partial charge in [0.25, 0.3) is 0 Å². The van der Waals surface area contributed by atoms with Crippen molar-refractivity contribution in [3.05, 3.63) is 65.3 Å². The van der Waals surface area contributed by atoms with Crippen LogP contribution in [0.4, 0.5) is 4.79 Å². The summed E-state index contributed by atoms with van der Waals surface area (Å²) in [5.41, 5.74) is 1.39. The minimum absolute atomic E-state index is 0.0906. The lowest BCUT2D eigenvalue weighted by Crippen LogP contribution is -2.45. The Kier molecular flexibility index (Phi) is 5.25. The van der Waals surface area contributed by atoms with E-state index >= 15 is 0 Å². The number of hydrogen-bond donors (Lipinski definition) is 2. The van der Waals surface area contributed by atoms with Gasteiger partial charge in [-0.05, 0) is 43.7 Å². The molecule has 27 heavy (non-hydrogen) atoms. The fraction of sp³-hybridized carbons (Fsp3) is 0.211. The third-order valence-corrected chi connectivity index (χ3v) is 3.91. The highest BCUT2D eigenvalue weighted by Gasteiger charge is 2.32. The predicted molar refractivity (Wildman–Crippen MR) is 93.8 cm³/mol. The molecule has 3 rings (SSSR count). The number of nitrogens with one attached hydrogen (secondary N) is 2. The van der Waals surface area contributed by atoms with Crippen LogP contribution in [0.3, 0.4) is 0 Å². The minimum atomic E-state index is -0.673. The summed E-state index contributed by atoms with van der Waals surface area (Å²) < 4.78 is 15.3. The molecule has 1 aromatic heterocycles. The van der Waals surface area contributed by atoms with Crippen LogP contribution < -0.4 is 15.4 Å². The second kappa shape index (κ2) is 7.77. The van der Waals surface area contributed by atoms with Crippen LogP contribution in [0, 0.1) is 0 Å². The Hall–Kier alpha value is -3.55. The summed E-state index contributed by atoms with van der Waals surface area (Å²) in [7, 11) is 0. The molecule has 2 heterocycles. The molecular formula is C19H18N2O6. The molecule has 2 N–H and O–H groups in total. The van der Waals surface area contributed by atoms with E-state index in [4.69, 9.17) is 13.9 Å². The van der Waals surface area contributed by atoms with Crippen LogP contribution in [-0.4, -0.2) is 24.6 Å². The second-order valence-electron chi connectivity index (χ2n) is 5.73. The van der Waals surface area contributed by atoms with Crippen molar-refractivity contribution in [2.75, 3.05) is 6.61 Å². The van der Waals surface area contributed by atoms with E-state index in [1.165, 1.54) is 12.3 Å². The average Bonchev–Trinajstić information content (AvgIpc) is 3.16. The van der Waals surface area contributed by atoms with Crippen molar-refractivity contribution in [2.24, 2.45) is 0 Å². The lowest BCUT2D eigenvalue weighted by atomic mass is 9.95. The first-order chi connectivity index (χ1) is 13.0. The van der Waals surface area contributed by atoms with E-state index in [1.54, 1.807) is 44.2 Å². The number of urea groups is 1. The quantitative estimate of drug-likeness (QED) is 0.619. The number of furan rings is 1. The zero-order valence-corrected chi connectivity index (χ0v) is 14.8. The Labute approximate surface area is 155 Å². The van der Waals surface area contributed by atoms with E-state index in [-0.39, 0.29) is 12.4 Å². The highest BCUT2D eigenvalue weighted by molar-refractivity contribution is 5.95. The standard InChI is InChI=1S/C19H18N2O6/c1-3-25-18(23)15-11(2)20-19(24)21-16(15)12-6-8-13(9-7-12)27-17(22)14-5-4-10-26-14/h4-10,16H,3H2,1-2H3,(H2,20,21,24)/t16-/m1/s1. The summed E-state index contributed by atoms with van der Waals surface area (Å²) in [5.74, 6) is -0.738. The first kappa shape index (κ1) is 18.2. The Bertz CT molecular complexity index is 883. The first-order valence-corrected chi connectivity index (χ1v) is 8.30. The molecular weight excluding hydrogens is 352 g/mol. The number of rotatable bonds is 5. The highest BCUT2D eigenvalue weighted by atomic mass is 16.5. The maximum Gasteiger partial charge on any atom is 0.379 e. The molecule has 140 valence electrons. The molecule has 2 aromatic rings. The molecule has 1 atom stereocenters. The predicted octanol–water partition coefficient (Wildman–Crippen LogP) is 2.69. The Morgan fingerprint density at radius 1 is 1.15 bits per heavy atom. The molecule has 0 spiro atoms. The zero-order valence-electron chi connectivity index (χ0n) is 14.8. The monoisotopic (exact) mass is 370 g/mol. The first-order valence-electron chi connectivity index (χ1n) is 8.30. The Morgan fingerprint density at radius 3 is 2.52 bits per heavy atom. The van der Waals surface area contributed by atoms with Gasteiger partial charge in [-0.15, -0.1) is 0 Å². The van der Waals surface area contributed by atoms with Gasteiger partial charge in [-0.1, -0.05) is 12.1 Å². The zero-order chi connectivity index (χ0) is 19.4. The van der Waals surface area contributed by atoms with Crippen LogP contribution in [0.15, 0.2) is 58.3 Å². The van der Waals surface area contributed by atoms with Gasteiger partial charge in [0.1, 0.15) is 5.75 Å². The number of hydrogen-bond acceptors (Lipinski definition) is 6. The second-order valence-corrected chi connectivity index (χ2v) is 5.73. The van der Waals surface area contributed by atoms with E-state index in [1.807, 2.05) is 0 Å². The third-order valence-electron chi connectivity index (χ3n) is 3.91. The van der Waals surface area contributed by atoms with Crippen molar-refractivity contribution in [1.82, 2.24) is 10.6 Å². The van der Waals surface area contributed by atoms with Gasteiger partial charge >= 0.3 is 18.0 Å². The number of allylic oxidation sites excluding steroid dienone is 1. The van der Waals surface area contributed by atoms with Gasteiger partial charge in [-0.3, -0.25) is 0 Å². The molecule has 0 radical (unpaired) electrons. The SMILES string of the molecule is CCOC(=O)C1=C(C)NC(=O)N[C@@H]1c1ccc(OC(=O)c2ccco2)cc1. The van der Waals surface area contributed by atoms with Gasteiger partial charge in [-0.2, -0.15) is 0 Å². The van der Waals surface area contributed by atoms with Crippen molar-refractivity contribution in [2.45, 2.75) is 19.9 Å².